The number of anilines is 1. The summed E-state index contributed by atoms with van der Waals surface area (Å²) >= 11 is 2.27. The van der Waals surface area contributed by atoms with Crippen molar-refractivity contribution in [1.82, 2.24) is 9.97 Å². The molecule has 0 unspecified atom stereocenters. The highest BCUT2D eigenvalue weighted by Gasteiger charge is 2.27. The van der Waals surface area contributed by atoms with E-state index in [2.05, 4.69) is 27.9 Å². The molecule has 2 N–H and O–H groups in total. The molecule has 1 aromatic heterocycles. The van der Waals surface area contributed by atoms with Crippen molar-refractivity contribution in [3.63, 3.8) is 0 Å². The van der Waals surface area contributed by atoms with Crippen molar-refractivity contribution in [3.05, 3.63) is 68.5 Å². The van der Waals surface area contributed by atoms with E-state index in [1.54, 1.807) is 6.07 Å². The lowest BCUT2D eigenvalue weighted by Crippen LogP contribution is -2.21. The number of hydrogen-bond donors (Lipinski definition) is 2. The number of aromatic nitrogens is 2. The van der Waals surface area contributed by atoms with Gasteiger partial charge >= 0.3 is 0 Å². The van der Waals surface area contributed by atoms with Gasteiger partial charge < -0.3 is 10.4 Å². The Labute approximate surface area is 201 Å². The number of aryl methyl sites for hydroxylation is 2. The molecular formula is C26H26IN3O2. The van der Waals surface area contributed by atoms with Crippen LogP contribution in [0.25, 0.3) is 11.3 Å². The number of phenolic OH excluding ortho intramolecular Hbond substituents is 1. The van der Waals surface area contributed by atoms with Crippen LogP contribution in [0.2, 0.25) is 0 Å². The summed E-state index contributed by atoms with van der Waals surface area (Å²) in [6, 6.07) is 13.5. The van der Waals surface area contributed by atoms with E-state index in [0.29, 0.717) is 18.2 Å². The number of nitrogens with one attached hydrogen (secondary N) is 1. The Bertz CT molecular complexity index is 1150. The van der Waals surface area contributed by atoms with Gasteiger partial charge in [-0.05, 0) is 89.7 Å². The highest BCUT2D eigenvalue weighted by Crippen LogP contribution is 2.39. The van der Waals surface area contributed by atoms with Gasteiger partial charge in [0.25, 0.3) is 0 Å². The van der Waals surface area contributed by atoms with Crippen LogP contribution >= 0.6 is 22.6 Å². The zero-order chi connectivity index (χ0) is 22.1. The van der Waals surface area contributed by atoms with Crippen LogP contribution in [0.5, 0.6) is 5.75 Å². The Kier molecular flexibility index (Phi) is 6.13. The van der Waals surface area contributed by atoms with Gasteiger partial charge in [0, 0.05) is 15.1 Å². The van der Waals surface area contributed by atoms with E-state index in [-0.39, 0.29) is 11.7 Å². The van der Waals surface area contributed by atoms with Gasteiger partial charge in [0.05, 0.1) is 23.5 Å². The van der Waals surface area contributed by atoms with Crippen LogP contribution < -0.4 is 5.32 Å². The number of halogens is 1. The number of amides is 1. The Hall–Kier alpha value is -2.48. The highest BCUT2D eigenvalue weighted by atomic mass is 127. The predicted octanol–water partition coefficient (Wildman–Crippen LogP) is 5.78. The molecule has 2 aromatic carbocycles. The molecule has 0 bridgehead atoms. The van der Waals surface area contributed by atoms with Crippen molar-refractivity contribution >= 4 is 34.3 Å². The second kappa shape index (κ2) is 9.17. The summed E-state index contributed by atoms with van der Waals surface area (Å²) in [5, 5.41) is 13.0. The topological polar surface area (TPSA) is 75.1 Å². The maximum absolute atomic E-state index is 12.9. The maximum Gasteiger partial charge on any atom is 0.229 e. The largest absolute Gasteiger partial charge is 0.508 e. The van der Waals surface area contributed by atoms with Gasteiger partial charge in [-0.15, -0.1) is 0 Å². The molecule has 0 saturated heterocycles. The third kappa shape index (κ3) is 4.51. The number of benzene rings is 2. The number of fused-ring (bicyclic) bond motifs is 3. The molecule has 2 aliphatic rings. The minimum absolute atomic E-state index is 0.0568. The van der Waals surface area contributed by atoms with Crippen LogP contribution in [0.4, 0.5) is 5.82 Å². The van der Waals surface area contributed by atoms with Crippen molar-refractivity contribution < 1.29 is 9.90 Å². The van der Waals surface area contributed by atoms with Crippen LogP contribution in [-0.2, 0) is 24.1 Å². The second-order valence-corrected chi connectivity index (χ2v) is 10.0. The lowest BCUT2D eigenvalue weighted by atomic mass is 9.85. The molecule has 5 rings (SSSR count). The fraction of sp³-hybridized carbons (Fsp3) is 0.346. The van der Waals surface area contributed by atoms with Crippen molar-refractivity contribution in [2.45, 2.75) is 57.3 Å². The average Bonchev–Trinajstić information content (AvgIpc) is 2.80. The van der Waals surface area contributed by atoms with Crippen LogP contribution in [0.3, 0.4) is 0 Å². The monoisotopic (exact) mass is 539 g/mol. The standard InChI is InChI=1S/C26H26IN3O2/c27-19-9-6-16(7-10-19)14-23(32)29-26-24(17-4-2-1-3-5-17)30-25-21-12-11-20(31)15-18(21)8-13-22(25)28-26/h6-7,9-12,15,17,31H,1-5,8,13-14H2,(H,28,29,32). The first-order chi connectivity index (χ1) is 15.6. The molecule has 3 aromatic rings. The number of nitrogens with zero attached hydrogens (tertiary/aromatic N) is 2. The van der Waals surface area contributed by atoms with Crippen LogP contribution in [0.1, 0.15) is 60.5 Å². The molecule has 1 amide bonds. The molecule has 1 saturated carbocycles. The molecule has 2 aliphatic carbocycles. The summed E-state index contributed by atoms with van der Waals surface area (Å²) in [4.78, 5) is 23.0. The van der Waals surface area contributed by atoms with E-state index >= 15 is 0 Å². The molecule has 0 atom stereocenters. The number of hydrogen-bond acceptors (Lipinski definition) is 4. The minimum Gasteiger partial charge on any atom is -0.508 e. The highest BCUT2D eigenvalue weighted by molar-refractivity contribution is 14.1. The molecule has 32 heavy (non-hydrogen) atoms. The van der Waals surface area contributed by atoms with Crippen molar-refractivity contribution in [3.8, 4) is 17.0 Å². The van der Waals surface area contributed by atoms with Gasteiger partial charge in [0.2, 0.25) is 5.91 Å². The summed E-state index contributed by atoms with van der Waals surface area (Å²) < 4.78 is 1.15. The van der Waals surface area contributed by atoms with E-state index in [1.165, 1.54) is 19.3 Å². The number of carbonyl (C=O) groups is 1. The molecule has 0 aliphatic heterocycles. The Morgan fingerprint density at radius 1 is 1.03 bits per heavy atom. The minimum atomic E-state index is -0.0568. The third-order valence-electron chi connectivity index (χ3n) is 6.50. The van der Waals surface area contributed by atoms with E-state index in [9.17, 15) is 9.90 Å². The molecular weight excluding hydrogens is 513 g/mol. The molecule has 0 radical (unpaired) electrons. The van der Waals surface area contributed by atoms with Gasteiger partial charge in [-0.2, -0.15) is 0 Å². The van der Waals surface area contributed by atoms with E-state index in [0.717, 1.165) is 63.0 Å². The number of carbonyl (C=O) groups excluding carboxylic acids is 1. The molecule has 6 heteroatoms. The third-order valence-corrected chi connectivity index (χ3v) is 7.22. The number of phenols is 1. The van der Waals surface area contributed by atoms with Crippen LogP contribution in [-0.4, -0.2) is 21.0 Å². The smallest absolute Gasteiger partial charge is 0.229 e. The van der Waals surface area contributed by atoms with Gasteiger partial charge in [0.15, 0.2) is 5.82 Å². The predicted molar refractivity (Wildman–Crippen MR) is 134 cm³/mol. The Morgan fingerprint density at radius 3 is 2.59 bits per heavy atom. The van der Waals surface area contributed by atoms with Gasteiger partial charge in [-0.3, -0.25) is 4.79 Å². The summed E-state index contributed by atoms with van der Waals surface area (Å²) in [6.45, 7) is 0. The van der Waals surface area contributed by atoms with Gasteiger partial charge in [-0.1, -0.05) is 31.4 Å². The molecule has 5 nitrogen and oxygen atoms in total. The Morgan fingerprint density at radius 2 is 1.81 bits per heavy atom. The zero-order valence-electron chi connectivity index (χ0n) is 17.9. The van der Waals surface area contributed by atoms with Crippen molar-refractivity contribution in [2.75, 3.05) is 5.32 Å². The number of rotatable bonds is 4. The van der Waals surface area contributed by atoms with E-state index in [1.807, 2.05) is 36.4 Å². The lowest BCUT2D eigenvalue weighted by Gasteiger charge is -2.26. The fourth-order valence-electron chi connectivity index (χ4n) is 4.86. The van der Waals surface area contributed by atoms with Crippen molar-refractivity contribution in [1.29, 1.82) is 0 Å². The molecule has 164 valence electrons. The summed E-state index contributed by atoms with van der Waals surface area (Å²) in [5.74, 6) is 1.18. The first-order valence-corrected chi connectivity index (χ1v) is 12.4. The van der Waals surface area contributed by atoms with E-state index < -0.39 is 0 Å². The SMILES string of the molecule is O=C(Cc1ccc(I)cc1)Nc1nc2c(nc1C1CCCCC1)-c1ccc(O)cc1CC2. The second-order valence-electron chi connectivity index (χ2n) is 8.78. The average molecular weight is 539 g/mol. The van der Waals surface area contributed by atoms with Crippen LogP contribution in [0.15, 0.2) is 42.5 Å². The molecule has 0 spiro atoms. The normalized spacial score (nSPS) is 15.7. The van der Waals surface area contributed by atoms with Gasteiger partial charge in [0.1, 0.15) is 5.75 Å². The zero-order valence-corrected chi connectivity index (χ0v) is 20.1. The quantitative estimate of drug-likeness (QED) is 0.413. The Balaban J connectivity index is 1.49. The summed E-state index contributed by atoms with van der Waals surface area (Å²) in [6.07, 6.45) is 7.67. The first kappa shape index (κ1) is 21.4. The van der Waals surface area contributed by atoms with E-state index in [4.69, 9.17) is 9.97 Å². The van der Waals surface area contributed by atoms with Crippen molar-refractivity contribution in [2.24, 2.45) is 0 Å². The van der Waals surface area contributed by atoms with Gasteiger partial charge in [-0.25, -0.2) is 9.97 Å². The summed E-state index contributed by atoms with van der Waals surface area (Å²) in [7, 11) is 0. The molecule has 1 fully saturated rings. The summed E-state index contributed by atoms with van der Waals surface area (Å²) in [5.41, 5.74) is 5.89. The maximum atomic E-state index is 12.9. The molecule has 1 heterocycles. The fourth-order valence-corrected chi connectivity index (χ4v) is 5.22. The first-order valence-electron chi connectivity index (χ1n) is 11.3. The van der Waals surface area contributed by atoms with Crippen LogP contribution in [0, 0.1) is 3.57 Å². The number of aromatic hydroxyl groups is 1. The lowest BCUT2D eigenvalue weighted by molar-refractivity contribution is -0.115.